The summed E-state index contributed by atoms with van der Waals surface area (Å²) in [6.07, 6.45) is 6.44. The second kappa shape index (κ2) is 14.1. The number of aliphatic hydroxyl groups excluding tert-OH is 1. The molecule has 1 unspecified atom stereocenters. The highest BCUT2D eigenvalue weighted by atomic mass is 32.2. The van der Waals surface area contributed by atoms with E-state index in [4.69, 9.17) is 4.42 Å². The Morgan fingerprint density at radius 1 is 1.12 bits per heavy atom. The van der Waals surface area contributed by atoms with Crippen LogP contribution in [-0.2, 0) is 21.2 Å². The van der Waals surface area contributed by atoms with E-state index in [1.807, 2.05) is 12.1 Å². The predicted molar refractivity (Wildman–Crippen MR) is 163 cm³/mol. The van der Waals surface area contributed by atoms with E-state index in [1.54, 1.807) is 55.5 Å². The second-order valence-electron chi connectivity index (χ2n) is 10.3. The standard InChI is InChI=1S/C33H31N4O5S/c1-23-14-17-42-31(23)33(40)35-28-9-4-6-24(19-28)11-12-25-18-27(21-34-20-25)32(39)36-43(41)30-10-3-2-7-26(30)8-5-15-37-16-13-29(38)22-37/h2-4,6-7,9-10,14,17-21,29,38H,5,8,13,15-16,22H2,1H3,(H,35,40)/q-1. The molecule has 0 radical (unpaired) electrons. The summed E-state index contributed by atoms with van der Waals surface area (Å²) in [7, 11) is -1.88. The zero-order valence-corrected chi connectivity index (χ0v) is 24.5. The normalized spacial score (nSPS) is 15.5. The molecule has 2 amide bonds. The Morgan fingerprint density at radius 3 is 2.74 bits per heavy atom. The maximum absolute atomic E-state index is 13.1. The van der Waals surface area contributed by atoms with Crippen molar-refractivity contribution >= 4 is 28.1 Å². The van der Waals surface area contributed by atoms with Gasteiger partial charge in [0.25, 0.3) is 11.8 Å². The van der Waals surface area contributed by atoms with Gasteiger partial charge in [0, 0.05) is 47.9 Å². The largest absolute Gasteiger partial charge is 0.459 e. The fraction of sp³-hybridized carbons (Fsp3) is 0.242. The lowest BCUT2D eigenvalue weighted by Gasteiger charge is -2.16. The number of carbonyl (C=O) groups excluding carboxylic acids is 2. The molecule has 43 heavy (non-hydrogen) atoms. The molecular formula is C33H31N4O5S-. The molecule has 2 N–H and O–H groups in total. The highest BCUT2D eigenvalue weighted by Gasteiger charge is 2.19. The average molecular weight is 596 g/mol. The summed E-state index contributed by atoms with van der Waals surface area (Å²) in [6.45, 7) is 4.21. The minimum absolute atomic E-state index is 0.181. The molecule has 0 spiro atoms. The molecular weight excluding hydrogens is 564 g/mol. The Morgan fingerprint density at radius 2 is 1.95 bits per heavy atom. The third kappa shape index (κ3) is 8.05. The van der Waals surface area contributed by atoms with Crippen LogP contribution in [0.25, 0.3) is 0 Å². The summed E-state index contributed by atoms with van der Waals surface area (Å²) in [6, 6.07) is 17.6. The lowest BCUT2D eigenvalue weighted by Crippen LogP contribution is -2.23. The maximum Gasteiger partial charge on any atom is 0.291 e. The lowest BCUT2D eigenvalue weighted by atomic mass is 10.1. The summed E-state index contributed by atoms with van der Waals surface area (Å²) in [5.74, 6) is 5.25. The van der Waals surface area contributed by atoms with E-state index in [0.717, 1.165) is 37.1 Å². The monoisotopic (exact) mass is 595 g/mol. The van der Waals surface area contributed by atoms with Crippen molar-refractivity contribution in [1.82, 2.24) is 9.88 Å². The molecule has 2 aromatic carbocycles. The summed E-state index contributed by atoms with van der Waals surface area (Å²) in [4.78, 5) is 32.2. The van der Waals surface area contributed by atoms with Crippen molar-refractivity contribution < 1.29 is 23.3 Å². The molecule has 5 rings (SSSR count). The molecule has 3 heterocycles. The van der Waals surface area contributed by atoms with Crippen molar-refractivity contribution in [3.8, 4) is 11.8 Å². The number of anilines is 1. The Hall–Kier alpha value is -4.56. The first-order valence-corrected chi connectivity index (χ1v) is 15.1. The smallest absolute Gasteiger partial charge is 0.291 e. The van der Waals surface area contributed by atoms with Gasteiger partial charge in [-0.05, 0) is 63.1 Å². The minimum Gasteiger partial charge on any atom is -0.459 e. The Labute approximate surface area is 252 Å². The predicted octanol–water partition coefficient (Wildman–Crippen LogP) is 4.98. The van der Waals surface area contributed by atoms with E-state index in [0.29, 0.717) is 34.7 Å². The molecule has 4 aromatic rings. The number of aromatic nitrogens is 1. The van der Waals surface area contributed by atoms with Crippen LogP contribution in [0.2, 0.25) is 0 Å². The Kier molecular flexibility index (Phi) is 9.79. The van der Waals surface area contributed by atoms with Crippen LogP contribution in [0.15, 0.2) is 93.0 Å². The number of benzene rings is 2. The first-order valence-electron chi connectivity index (χ1n) is 13.9. The van der Waals surface area contributed by atoms with E-state index in [1.165, 1.54) is 18.7 Å². The Bertz CT molecular complexity index is 1780. The molecule has 220 valence electrons. The zero-order chi connectivity index (χ0) is 30.2. The number of nitrogens with zero attached hydrogens (tertiary/aromatic N) is 3. The summed E-state index contributed by atoms with van der Waals surface area (Å²) in [5, 5.41) is 12.5. The molecule has 1 aliphatic rings. The molecule has 1 saturated heterocycles. The average Bonchev–Trinajstić information content (AvgIpc) is 3.64. The number of nitrogens with one attached hydrogen (secondary N) is 1. The van der Waals surface area contributed by atoms with Crippen LogP contribution in [0.4, 0.5) is 5.69 Å². The molecule has 9 nitrogen and oxygen atoms in total. The number of amides is 2. The summed E-state index contributed by atoms with van der Waals surface area (Å²) >= 11 is 0. The zero-order valence-electron chi connectivity index (χ0n) is 23.7. The van der Waals surface area contributed by atoms with Gasteiger partial charge in [0.05, 0.1) is 17.9 Å². The van der Waals surface area contributed by atoms with Gasteiger partial charge in [0.1, 0.15) is 0 Å². The lowest BCUT2D eigenvalue weighted by molar-refractivity contribution is 0.0991. The van der Waals surface area contributed by atoms with Crippen LogP contribution in [-0.4, -0.2) is 52.5 Å². The Balaban J connectivity index is 1.25. The van der Waals surface area contributed by atoms with Crippen LogP contribution in [0, 0.1) is 18.8 Å². The molecule has 0 saturated carbocycles. The van der Waals surface area contributed by atoms with Gasteiger partial charge >= 0.3 is 0 Å². The highest BCUT2D eigenvalue weighted by molar-refractivity contribution is 7.75. The topological polar surface area (TPSA) is 125 Å². The van der Waals surface area contributed by atoms with E-state index in [9.17, 15) is 18.9 Å². The van der Waals surface area contributed by atoms with Gasteiger partial charge in [0.15, 0.2) is 5.76 Å². The number of hydrogen-bond donors (Lipinski definition) is 2. The summed E-state index contributed by atoms with van der Waals surface area (Å²) < 4.78 is 22.3. The van der Waals surface area contributed by atoms with Crippen LogP contribution < -0.4 is 5.32 Å². The number of likely N-dealkylation sites (tertiary alicyclic amines) is 1. The van der Waals surface area contributed by atoms with Crippen LogP contribution in [0.3, 0.4) is 0 Å². The summed E-state index contributed by atoms with van der Waals surface area (Å²) in [5.41, 5.74) is 3.50. The van der Waals surface area contributed by atoms with Crippen molar-refractivity contribution in [3.05, 3.63) is 113 Å². The van der Waals surface area contributed by atoms with Gasteiger partial charge < -0.3 is 28.3 Å². The molecule has 1 aliphatic heterocycles. The van der Waals surface area contributed by atoms with Crippen LogP contribution in [0.5, 0.6) is 0 Å². The highest BCUT2D eigenvalue weighted by Crippen LogP contribution is 2.17. The van der Waals surface area contributed by atoms with E-state index >= 15 is 0 Å². The van der Waals surface area contributed by atoms with Crippen LogP contribution >= 0.6 is 0 Å². The molecule has 0 aliphatic carbocycles. The van der Waals surface area contributed by atoms with Gasteiger partial charge in [-0.25, -0.2) is 0 Å². The van der Waals surface area contributed by atoms with Gasteiger partial charge in [0.2, 0.25) is 0 Å². The molecule has 1 fully saturated rings. The maximum atomic E-state index is 13.1. The fourth-order valence-electron chi connectivity index (χ4n) is 4.80. The molecule has 0 bridgehead atoms. The first kappa shape index (κ1) is 29.9. The van der Waals surface area contributed by atoms with Crippen molar-refractivity contribution in [2.24, 2.45) is 4.36 Å². The van der Waals surface area contributed by atoms with Gasteiger partial charge in [-0.1, -0.05) is 52.6 Å². The van der Waals surface area contributed by atoms with E-state index in [2.05, 4.69) is 31.4 Å². The van der Waals surface area contributed by atoms with E-state index in [-0.39, 0.29) is 23.3 Å². The van der Waals surface area contributed by atoms with Gasteiger partial charge in [-0.2, -0.15) is 10.6 Å². The number of furan rings is 1. The molecule has 1 atom stereocenters. The molecule has 2 aromatic heterocycles. The van der Waals surface area contributed by atoms with Crippen molar-refractivity contribution in [2.45, 2.75) is 37.2 Å². The van der Waals surface area contributed by atoms with Crippen LogP contribution in [0.1, 0.15) is 56.0 Å². The third-order valence-corrected chi connectivity index (χ3v) is 8.13. The number of aryl methyl sites for hydroxylation is 2. The minimum atomic E-state index is -1.88. The van der Waals surface area contributed by atoms with Crippen molar-refractivity contribution in [3.63, 3.8) is 0 Å². The number of aliphatic hydroxyl groups is 1. The molecule has 10 heteroatoms. The third-order valence-electron chi connectivity index (χ3n) is 7.02. The first-order chi connectivity index (χ1) is 20.9. The van der Waals surface area contributed by atoms with Crippen molar-refractivity contribution in [2.75, 3.05) is 25.0 Å². The second-order valence-corrected chi connectivity index (χ2v) is 11.4. The SMILES string of the molecule is Cc1ccoc1C(=O)Nc1cccc(C#Cc2cncc(C(=O)N=[S-](=O)c3ccccc3CCCN3CCC(O)C3)c2)c1. The number of pyridine rings is 1. The number of carbonyl (C=O) groups is 2. The number of hydrogen-bond acceptors (Lipinski definition) is 8. The number of β-amino-alcohol motifs (C(OH)–C–C–N with tert-alkyl or cyclic N) is 1. The van der Waals surface area contributed by atoms with E-state index < -0.39 is 16.5 Å². The quantitative estimate of drug-likeness (QED) is 0.217. The van der Waals surface area contributed by atoms with Gasteiger partial charge in [-0.15, -0.1) is 0 Å². The number of rotatable bonds is 8. The van der Waals surface area contributed by atoms with Crippen molar-refractivity contribution in [1.29, 1.82) is 0 Å². The fourth-order valence-corrected chi connectivity index (χ4v) is 5.75. The van der Waals surface area contributed by atoms with Gasteiger partial charge in [-0.3, -0.25) is 14.6 Å².